The first-order valence-electron chi connectivity index (χ1n) is 34.9. The molecule has 0 bridgehead atoms. The molecule has 2 fully saturated rings. The summed E-state index contributed by atoms with van der Waals surface area (Å²) in [6, 6.07) is 37.3. The predicted octanol–water partition coefficient (Wildman–Crippen LogP) is 10.9. The van der Waals surface area contributed by atoms with Crippen molar-refractivity contribution in [3.05, 3.63) is 276 Å². The number of rotatable bonds is 17. The maximum absolute atomic E-state index is 5.53. The number of hydrogen-bond donors (Lipinski definition) is 2. The van der Waals surface area contributed by atoms with Gasteiger partial charge in [-0.25, -0.2) is 74.8 Å². The maximum atomic E-state index is 5.53. The fourth-order valence-corrected chi connectivity index (χ4v) is 12.2. The van der Waals surface area contributed by atoms with Gasteiger partial charge in [-0.1, -0.05) is 79.6 Å². The Kier molecular flexibility index (Phi) is 24.7. The molecule has 13 aromatic rings. The highest BCUT2D eigenvalue weighted by Crippen LogP contribution is 2.34. The van der Waals surface area contributed by atoms with Crippen LogP contribution in [0.2, 0.25) is 0 Å². The number of likely N-dealkylation sites (N-methyl/N-ethyl adjacent to an activating group) is 1. The summed E-state index contributed by atoms with van der Waals surface area (Å²) in [4.78, 5) is 74.9. The molecule has 13 heterocycles. The number of nitrogens with one attached hydrogen (secondary N) is 1. The third-order valence-corrected chi connectivity index (χ3v) is 17.1. The average molecular weight is 1390 g/mol. The third-order valence-electron chi connectivity index (χ3n) is 17.1. The normalized spacial score (nSPS) is 14.5. The van der Waals surface area contributed by atoms with E-state index in [0.29, 0.717) is 61.7 Å². The van der Waals surface area contributed by atoms with E-state index in [9.17, 15) is 0 Å². The van der Waals surface area contributed by atoms with Crippen LogP contribution in [0.5, 0.6) is 11.5 Å². The molecule has 3 aliphatic rings. The number of likely N-dealkylation sites (tertiary alicyclic amines) is 1. The van der Waals surface area contributed by atoms with Crippen LogP contribution in [0.3, 0.4) is 0 Å². The quantitative estimate of drug-likeness (QED) is 0.0801. The van der Waals surface area contributed by atoms with Gasteiger partial charge in [-0.05, 0) is 135 Å². The molecule has 27 nitrogen and oxygen atoms in total. The van der Waals surface area contributed by atoms with Crippen LogP contribution >= 0.6 is 0 Å². The van der Waals surface area contributed by atoms with Gasteiger partial charge in [0.15, 0.2) is 11.5 Å². The van der Waals surface area contributed by atoms with Crippen molar-refractivity contribution < 1.29 is 9.47 Å². The molecule has 0 aliphatic carbocycles. The van der Waals surface area contributed by atoms with Gasteiger partial charge >= 0.3 is 0 Å². The molecule has 532 valence electrons. The molecule has 3 aromatic carbocycles. The summed E-state index contributed by atoms with van der Waals surface area (Å²) in [6.07, 6.45) is 33.6. The second kappa shape index (κ2) is 35.7. The lowest BCUT2D eigenvalue weighted by Gasteiger charge is -2.36. The number of ether oxygens (including phenoxy) is 2. The van der Waals surface area contributed by atoms with Crippen LogP contribution in [0.4, 0.5) is 0 Å². The number of fused-ring (bicyclic) bond motifs is 1. The van der Waals surface area contributed by atoms with Crippen LogP contribution in [0.15, 0.2) is 208 Å². The molecule has 2 atom stereocenters. The van der Waals surface area contributed by atoms with Gasteiger partial charge in [0, 0.05) is 139 Å². The number of nitrogens with zero attached hydrogens (tertiary/aromatic N) is 23. The van der Waals surface area contributed by atoms with Gasteiger partial charge in [0.1, 0.15) is 31.6 Å². The molecule has 0 saturated carbocycles. The van der Waals surface area contributed by atoms with Gasteiger partial charge in [-0.2, -0.15) is 0 Å². The number of aryl methyl sites for hydroxylation is 6. The van der Waals surface area contributed by atoms with E-state index in [4.69, 9.17) is 25.2 Å². The standard InChI is InChI=1S/C24H30N6O2.C22H19N5.C13H17N5.C9H11N5.C9H10N4/c1-18-13-20(27-24(26-18)30-10-8-25-16-30)21-5-3-4-9-29(21)12-11-28(2)15-19-6-7-22-23(14-19)32-17-31-22;1-17-14-20(26-22(25-17)27-13-12-23-16-27)15-24-21(18-8-4-2-5-9-18)19-10-6-3-7-11-19;1-10-8-12(11-4-2-3-5-15-11)17-13(16-10)18-7-6-14-9-18;1-7-4-8(5-10)13-9(12-7)14-3-2-11-6-14;1-7-5-8(2)12-9(11-7)13-4-3-10-6-13/h6-8,10,13-14,16,21H,3-5,9,11-12,15,17H2,1-2H3;2-14,16H,15H2,1H3;6-9,11,15H,2-5H2,1H3;2-4,6H,5,10H2,1H3;3-6H,1-2H3. The van der Waals surface area contributed by atoms with E-state index in [-0.39, 0.29) is 0 Å². The van der Waals surface area contributed by atoms with Crippen molar-refractivity contribution in [1.82, 2.24) is 113 Å². The average Bonchev–Trinajstić information content (AvgIpc) is 1.29. The molecular weight excluding hydrogens is 1310 g/mol. The zero-order chi connectivity index (χ0) is 72.0. The Labute approximate surface area is 605 Å². The molecular formula is C77H87N25O2. The van der Waals surface area contributed by atoms with Crippen molar-refractivity contribution in [3.8, 4) is 41.2 Å². The number of aromatic nitrogens is 20. The van der Waals surface area contributed by atoms with E-state index >= 15 is 0 Å². The van der Waals surface area contributed by atoms with E-state index in [0.717, 1.165) is 131 Å². The van der Waals surface area contributed by atoms with E-state index in [1.54, 1.807) is 82.5 Å². The highest BCUT2D eigenvalue weighted by molar-refractivity contribution is 6.12. The molecule has 0 radical (unpaired) electrons. The predicted molar refractivity (Wildman–Crippen MR) is 396 cm³/mol. The smallest absolute Gasteiger partial charge is 0.235 e. The first-order chi connectivity index (χ1) is 50.8. The molecule has 2 saturated heterocycles. The Morgan fingerprint density at radius 1 is 0.490 bits per heavy atom. The fraction of sp³-hybridized carbons (Fsp3) is 0.299. The molecule has 16 rings (SSSR count). The van der Waals surface area contributed by atoms with Crippen molar-refractivity contribution in [2.45, 2.75) is 112 Å². The highest BCUT2D eigenvalue weighted by Gasteiger charge is 2.27. The maximum Gasteiger partial charge on any atom is 0.235 e. The van der Waals surface area contributed by atoms with E-state index < -0.39 is 0 Å². The molecule has 0 spiro atoms. The fourth-order valence-electron chi connectivity index (χ4n) is 12.2. The van der Waals surface area contributed by atoms with Crippen LogP contribution in [0.25, 0.3) is 29.7 Å². The molecule has 3 aliphatic heterocycles. The minimum atomic E-state index is 0.316. The van der Waals surface area contributed by atoms with Crippen molar-refractivity contribution in [1.29, 1.82) is 0 Å². The van der Waals surface area contributed by atoms with Gasteiger partial charge in [0.25, 0.3) is 0 Å². The Hall–Kier alpha value is -11.8. The Balaban J connectivity index is 0.000000128. The molecule has 2 unspecified atom stereocenters. The topological polar surface area (TPSA) is 293 Å². The van der Waals surface area contributed by atoms with E-state index in [2.05, 4.69) is 140 Å². The van der Waals surface area contributed by atoms with Crippen molar-refractivity contribution >= 4 is 5.71 Å². The summed E-state index contributed by atoms with van der Waals surface area (Å²) in [5.74, 6) is 4.98. The minimum absolute atomic E-state index is 0.316. The molecule has 10 aromatic heterocycles. The summed E-state index contributed by atoms with van der Waals surface area (Å²) in [5.41, 5.74) is 19.5. The SMILES string of the molecule is Cc1cc(C)nc(-n2ccnc2)n1.Cc1cc(C2CCCCN2)nc(-n2ccnc2)n1.Cc1cc(C2CCCCN2CCN(C)Cc2ccc3c(c2)OCO3)nc(-n2ccnc2)n1.Cc1cc(CN)nc(-n2ccnc2)n1.Cc1cc(CN=C(c2ccccc2)c2ccccc2)nc(-n2ccnc2)n1. The molecule has 3 N–H and O–H groups in total. The third kappa shape index (κ3) is 20.1. The Morgan fingerprint density at radius 3 is 1.46 bits per heavy atom. The highest BCUT2D eigenvalue weighted by atomic mass is 16.7. The lowest BCUT2D eigenvalue weighted by Crippen LogP contribution is -2.39. The summed E-state index contributed by atoms with van der Waals surface area (Å²) in [6.45, 7) is 18.1. The van der Waals surface area contributed by atoms with Gasteiger partial charge in [0.05, 0.1) is 41.1 Å². The van der Waals surface area contributed by atoms with Crippen LogP contribution in [-0.2, 0) is 19.6 Å². The van der Waals surface area contributed by atoms with E-state index in [1.165, 1.54) is 31.2 Å². The van der Waals surface area contributed by atoms with Gasteiger partial charge < -0.3 is 25.4 Å². The zero-order valence-corrected chi connectivity index (χ0v) is 59.8. The zero-order valence-electron chi connectivity index (χ0n) is 59.8. The lowest BCUT2D eigenvalue weighted by atomic mass is 9.98. The van der Waals surface area contributed by atoms with Crippen molar-refractivity contribution in [3.63, 3.8) is 0 Å². The summed E-state index contributed by atoms with van der Waals surface area (Å²) in [7, 11) is 2.18. The van der Waals surface area contributed by atoms with Crippen molar-refractivity contribution in [2.75, 3.05) is 40.0 Å². The van der Waals surface area contributed by atoms with Gasteiger partial charge in [-0.3, -0.25) is 32.7 Å². The number of hydrogen-bond acceptors (Lipinski definition) is 22. The number of piperidine rings is 2. The Bertz CT molecular complexity index is 4740. The van der Waals surface area contributed by atoms with Gasteiger partial charge in [0.2, 0.25) is 36.5 Å². The summed E-state index contributed by atoms with van der Waals surface area (Å²) in [5, 5.41) is 3.52. The second-order valence-electron chi connectivity index (χ2n) is 25.4. The number of aliphatic imine (C=N–C) groups is 1. The van der Waals surface area contributed by atoms with Crippen LogP contribution in [0.1, 0.15) is 124 Å². The first-order valence-corrected chi connectivity index (χ1v) is 34.9. The number of benzene rings is 3. The second-order valence-corrected chi connectivity index (χ2v) is 25.4. The molecule has 0 amide bonds. The summed E-state index contributed by atoms with van der Waals surface area (Å²) >= 11 is 0. The van der Waals surface area contributed by atoms with Crippen LogP contribution < -0.4 is 20.5 Å². The Morgan fingerprint density at radius 2 is 0.952 bits per heavy atom. The molecule has 104 heavy (non-hydrogen) atoms. The monoisotopic (exact) mass is 1390 g/mol. The van der Waals surface area contributed by atoms with Crippen molar-refractivity contribution in [2.24, 2.45) is 10.7 Å². The summed E-state index contributed by atoms with van der Waals surface area (Å²) < 4.78 is 20.0. The lowest BCUT2D eigenvalue weighted by molar-refractivity contribution is 0.127. The molecule has 27 heteroatoms. The van der Waals surface area contributed by atoms with Gasteiger partial charge in [-0.15, -0.1) is 0 Å². The van der Waals surface area contributed by atoms with Crippen LogP contribution in [-0.4, -0.2) is 153 Å². The number of imidazole rings is 5. The first kappa shape index (κ1) is 72.0. The van der Waals surface area contributed by atoms with Crippen LogP contribution in [0, 0.1) is 41.5 Å². The minimum Gasteiger partial charge on any atom is -0.454 e. The largest absolute Gasteiger partial charge is 0.454 e. The van der Waals surface area contributed by atoms with E-state index in [1.807, 2.05) is 136 Å². The number of nitrogens with two attached hydrogens (primary N) is 1.